The fraction of sp³-hybridized carbons (Fsp3) is 0.316. The number of benzene rings is 1. The number of nitrogens with one attached hydrogen (secondary N) is 1. The molecule has 0 aliphatic carbocycles. The highest BCUT2D eigenvalue weighted by Crippen LogP contribution is 2.13. The molecular weight excluding hydrogens is 378 g/mol. The average Bonchev–Trinajstić information content (AvgIpc) is 3.02. The molecule has 1 amide bonds. The van der Waals surface area contributed by atoms with Gasteiger partial charge in [-0.25, -0.2) is 14.3 Å². The van der Waals surface area contributed by atoms with Gasteiger partial charge in [0.25, 0.3) is 11.5 Å². The van der Waals surface area contributed by atoms with E-state index in [2.05, 4.69) is 10.3 Å². The third-order valence-electron chi connectivity index (χ3n) is 4.36. The van der Waals surface area contributed by atoms with E-state index in [1.807, 2.05) is 19.9 Å². The van der Waals surface area contributed by atoms with Gasteiger partial charge in [0.15, 0.2) is 17.8 Å². The van der Waals surface area contributed by atoms with Crippen molar-refractivity contribution in [2.24, 2.45) is 14.1 Å². The van der Waals surface area contributed by atoms with Crippen molar-refractivity contribution in [2.75, 3.05) is 11.9 Å². The predicted octanol–water partition coefficient (Wildman–Crippen LogP) is 0.232. The molecule has 152 valence electrons. The average molecular weight is 399 g/mol. The van der Waals surface area contributed by atoms with Crippen LogP contribution in [0.3, 0.4) is 0 Å². The number of hydrogen-bond acceptors (Lipinski definition) is 6. The molecule has 0 atom stereocenters. The van der Waals surface area contributed by atoms with Crippen LogP contribution < -0.4 is 16.6 Å². The Morgan fingerprint density at radius 2 is 1.76 bits per heavy atom. The van der Waals surface area contributed by atoms with E-state index >= 15 is 0 Å². The van der Waals surface area contributed by atoms with Gasteiger partial charge in [-0.15, -0.1) is 0 Å². The van der Waals surface area contributed by atoms with Crippen LogP contribution in [0, 0.1) is 13.8 Å². The summed E-state index contributed by atoms with van der Waals surface area (Å²) in [4.78, 5) is 53.1. The molecule has 10 heteroatoms. The molecule has 2 heterocycles. The number of carbonyl (C=O) groups excluding carboxylic acids is 2. The van der Waals surface area contributed by atoms with Crippen LogP contribution in [0.15, 0.2) is 34.1 Å². The highest BCUT2D eigenvalue weighted by atomic mass is 16.5. The van der Waals surface area contributed by atoms with Crippen LogP contribution in [0.25, 0.3) is 11.2 Å². The minimum absolute atomic E-state index is 0.187. The minimum atomic E-state index is -0.874. The number of hydrogen-bond donors (Lipinski definition) is 1. The predicted molar refractivity (Wildman–Crippen MR) is 106 cm³/mol. The zero-order valence-electron chi connectivity index (χ0n) is 16.6. The Bertz CT molecular complexity index is 1210. The van der Waals surface area contributed by atoms with Crippen molar-refractivity contribution in [3.8, 4) is 0 Å². The summed E-state index contributed by atoms with van der Waals surface area (Å²) in [6.45, 7) is 2.67. The Morgan fingerprint density at radius 1 is 1.10 bits per heavy atom. The first-order chi connectivity index (χ1) is 13.7. The molecule has 1 N–H and O–H groups in total. The van der Waals surface area contributed by atoms with Crippen molar-refractivity contribution in [3.05, 3.63) is 56.5 Å². The maximum atomic E-state index is 12.6. The van der Waals surface area contributed by atoms with E-state index in [0.717, 1.165) is 15.7 Å². The molecule has 0 saturated carbocycles. The summed E-state index contributed by atoms with van der Waals surface area (Å²) in [7, 11) is 3.07. The van der Waals surface area contributed by atoms with Gasteiger partial charge < -0.3 is 14.6 Å². The van der Waals surface area contributed by atoms with E-state index in [9.17, 15) is 19.2 Å². The summed E-state index contributed by atoms with van der Waals surface area (Å²) in [5, 5.41) is 2.64. The molecule has 0 saturated heterocycles. The molecule has 0 fully saturated rings. The van der Waals surface area contributed by atoms with Gasteiger partial charge in [-0.05, 0) is 37.1 Å². The summed E-state index contributed by atoms with van der Waals surface area (Å²) in [5.41, 5.74) is 1.62. The number of aryl methyl sites for hydroxylation is 4. The fourth-order valence-electron chi connectivity index (χ4n) is 3.10. The van der Waals surface area contributed by atoms with Gasteiger partial charge in [0.2, 0.25) is 0 Å². The molecule has 0 spiro atoms. The maximum absolute atomic E-state index is 12.6. The van der Waals surface area contributed by atoms with Crippen LogP contribution in [0.1, 0.15) is 11.1 Å². The summed E-state index contributed by atoms with van der Waals surface area (Å²) in [6, 6.07) is 5.55. The number of fused-ring (bicyclic) bond motifs is 1. The van der Waals surface area contributed by atoms with E-state index in [1.165, 1.54) is 22.5 Å². The smallest absolute Gasteiger partial charge is 0.333 e. The summed E-state index contributed by atoms with van der Waals surface area (Å²) >= 11 is 0. The van der Waals surface area contributed by atoms with Crippen molar-refractivity contribution in [2.45, 2.75) is 20.4 Å². The SMILES string of the molecule is Cc1cc(C)cc(NC(=O)COC(=O)Cn2c(=O)c3c(ncn3C)n(C)c2=O)c1. The second-order valence-electron chi connectivity index (χ2n) is 6.85. The van der Waals surface area contributed by atoms with Crippen LogP contribution in [0.2, 0.25) is 0 Å². The molecule has 0 aliphatic rings. The number of imidazole rings is 1. The molecule has 2 aromatic heterocycles. The lowest BCUT2D eigenvalue weighted by Gasteiger charge is -2.10. The first-order valence-electron chi connectivity index (χ1n) is 8.82. The maximum Gasteiger partial charge on any atom is 0.333 e. The van der Waals surface area contributed by atoms with Gasteiger partial charge in [0, 0.05) is 19.8 Å². The van der Waals surface area contributed by atoms with Gasteiger partial charge in [-0.3, -0.25) is 19.0 Å². The molecule has 1 aromatic carbocycles. The Morgan fingerprint density at radius 3 is 2.41 bits per heavy atom. The van der Waals surface area contributed by atoms with E-state index < -0.39 is 36.3 Å². The van der Waals surface area contributed by atoms with Crippen molar-refractivity contribution in [1.82, 2.24) is 18.7 Å². The number of amides is 1. The first-order valence-corrected chi connectivity index (χ1v) is 8.82. The molecule has 3 rings (SSSR count). The number of carbonyl (C=O) groups is 2. The van der Waals surface area contributed by atoms with Crippen molar-refractivity contribution in [1.29, 1.82) is 0 Å². The Labute approximate surface area is 165 Å². The van der Waals surface area contributed by atoms with E-state index in [4.69, 9.17) is 4.74 Å². The summed E-state index contributed by atoms with van der Waals surface area (Å²) in [6.07, 6.45) is 1.41. The lowest BCUT2D eigenvalue weighted by atomic mass is 10.1. The highest BCUT2D eigenvalue weighted by Gasteiger charge is 2.18. The molecule has 0 unspecified atom stereocenters. The summed E-state index contributed by atoms with van der Waals surface area (Å²) in [5.74, 6) is -1.40. The summed E-state index contributed by atoms with van der Waals surface area (Å²) < 4.78 is 8.34. The fourth-order valence-corrected chi connectivity index (χ4v) is 3.10. The van der Waals surface area contributed by atoms with Crippen LogP contribution >= 0.6 is 0 Å². The molecule has 0 radical (unpaired) electrons. The number of ether oxygens (including phenoxy) is 1. The number of nitrogens with zero attached hydrogens (tertiary/aromatic N) is 4. The molecule has 0 aliphatic heterocycles. The van der Waals surface area contributed by atoms with Crippen LogP contribution in [-0.2, 0) is 35.0 Å². The van der Waals surface area contributed by atoms with Gasteiger partial charge in [-0.1, -0.05) is 6.07 Å². The molecule has 0 bridgehead atoms. The third-order valence-corrected chi connectivity index (χ3v) is 4.36. The molecule has 10 nitrogen and oxygen atoms in total. The normalized spacial score (nSPS) is 10.9. The number of anilines is 1. The van der Waals surface area contributed by atoms with E-state index in [0.29, 0.717) is 5.69 Å². The minimum Gasteiger partial charge on any atom is -0.454 e. The molecule has 3 aromatic rings. The van der Waals surface area contributed by atoms with Crippen molar-refractivity contribution in [3.63, 3.8) is 0 Å². The van der Waals surface area contributed by atoms with Crippen LogP contribution in [0.4, 0.5) is 5.69 Å². The van der Waals surface area contributed by atoms with Gasteiger partial charge in [0.1, 0.15) is 6.54 Å². The quantitative estimate of drug-likeness (QED) is 0.614. The Kier molecular flexibility index (Phi) is 5.35. The zero-order chi connectivity index (χ0) is 21.3. The second kappa shape index (κ2) is 7.74. The Hall–Kier alpha value is -3.69. The standard InChI is InChI=1S/C19H21N5O5/c1-11-5-12(2)7-13(6-11)21-14(25)9-29-15(26)8-24-18(27)16-17(20-10-22(16)3)23(4)19(24)28/h5-7,10H,8-9H2,1-4H3,(H,21,25). The third kappa shape index (κ3) is 4.10. The topological polar surface area (TPSA) is 117 Å². The van der Waals surface area contributed by atoms with Gasteiger partial charge in [-0.2, -0.15) is 0 Å². The number of rotatable bonds is 5. The molecular formula is C19H21N5O5. The molecule has 29 heavy (non-hydrogen) atoms. The zero-order valence-corrected chi connectivity index (χ0v) is 16.6. The van der Waals surface area contributed by atoms with Gasteiger partial charge in [0.05, 0.1) is 6.33 Å². The highest BCUT2D eigenvalue weighted by molar-refractivity contribution is 5.93. The lowest BCUT2D eigenvalue weighted by molar-refractivity contribution is -0.148. The monoisotopic (exact) mass is 399 g/mol. The number of aromatic nitrogens is 4. The van der Waals surface area contributed by atoms with Crippen molar-refractivity contribution >= 4 is 28.7 Å². The van der Waals surface area contributed by atoms with E-state index in [-0.39, 0.29) is 11.2 Å². The lowest BCUT2D eigenvalue weighted by Crippen LogP contribution is -2.41. The van der Waals surface area contributed by atoms with Gasteiger partial charge >= 0.3 is 11.7 Å². The van der Waals surface area contributed by atoms with Crippen LogP contribution in [-0.4, -0.2) is 37.2 Å². The van der Waals surface area contributed by atoms with Crippen molar-refractivity contribution < 1.29 is 14.3 Å². The first kappa shape index (κ1) is 20.1. The number of esters is 1. The Balaban J connectivity index is 1.70. The second-order valence-corrected chi connectivity index (χ2v) is 6.85. The van der Waals surface area contributed by atoms with E-state index in [1.54, 1.807) is 19.2 Å². The van der Waals surface area contributed by atoms with Crippen LogP contribution in [0.5, 0.6) is 0 Å². The largest absolute Gasteiger partial charge is 0.454 e.